The van der Waals surface area contributed by atoms with Gasteiger partial charge >= 0.3 is 0 Å². The zero-order valence-electron chi connectivity index (χ0n) is 15.7. The second-order valence-corrected chi connectivity index (χ2v) is 6.39. The highest BCUT2D eigenvalue weighted by Crippen LogP contribution is 2.17. The molecule has 1 aromatic rings. The number of hydrogen-bond donors (Lipinski definition) is 2. The first-order chi connectivity index (χ1) is 12.0. The van der Waals surface area contributed by atoms with Crippen molar-refractivity contribution in [1.29, 1.82) is 0 Å². The van der Waals surface area contributed by atoms with Gasteiger partial charge in [0.1, 0.15) is 5.82 Å². The van der Waals surface area contributed by atoms with E-state index in [0.29, 0.717) is 38.1 Å². The number of carbonyl (C=O) groups excluding carboxylic acids is 1. The largest absolute Gasteiger partial charge is 0.368 e. The molecule has 0 saturated carbocycles. The molecule has 0 unspecified atom stereocenters. The predicted octanol–water partition coefficient (Wildman–Crippen LogP) is 2.06. The quantitative estimate of drug-likeness (QED) is 0.388. The molecule has 0 radical (unpaired) electrons. The van der Waals surface area contributed by atoms with Gasteiger partial charge in [0, 0.05) is 57.9 Å². The summed E-state index contributed by atoms with van der Waals surface area (Å²) < 4.78 is 13.0. The van der Waals surface area contributed by atoms with Crippen LogP contribution in [0.5, 0.6) is 0 Å². The summed E-state index contributed by atoms with van der Waals surface area (Å²) >= 11 is 0. The van der Waals surface area contributed by atoms with Crippen LogP contribution in [0, 0.1) is 5.82 Å². The summed E-state index contributed by atoms with van der Waals surface area (Å²) in [4.78, 5) is 20.5. The van der Waals surface area contributed by atoms with E-state index in [4.69, 9.17) is 0 Å². The summed E-state index contributed by atoms with van der Waals surface area (Å²) in [6.45, 7) is 7.55. The van der Waals surface area contributed by atoms with Crippen molar-refractivity contribution >= 4 is 41.5 Å². The highest BCUT2D eigenvalue weighted by Gasteiger charge is 2.21. The van der Waals surface area contributed by atoms with E-state index in [1.165, 1.54) is 12.1 Å². The highest BCUT2D eigenvalue weighted by atomic mass is 127. The third kappa shape index (κ3) is 6.97. The highest BCUT2D eigenvalue weighted by molar-refractivity contribution is 14.0. The average Bonchev–Trinajstić information content (AvgIpc) is 2.61. The molecule has 2 rings (SSSR count). The van der Waals surface area contributed by atoms with E-state index in [1.807, 2.05) is 18.7 Å². The lowest BCUT2D eigenvalue weighted by molar-refractivity contribution is -0.131. The maximum Gasteiger partial charge on any atom is 0.224 e. The Hall–Kier alpha value is -1.58. The molecule has 26 heavy (non-hydrogen) atoms. The summed E-state index contributed by atoms with van der Waals surface area (Å²) in [6.07, 6.45) is 0.440. The first-order valence-electron chi connectivity index (χ1n) is 8.75. The lowest BCUT2D eigenvalue weighted by Crippen LogP contribution is -2.49. The maximum absolute atomic E-state index is 13.0. The molecule has 146 valence electrons. The molecule has 2 N–H and O–H groups in total. The Morgan fingerprint density at radius 2 is 1.81 bits per heavy atom. The van der Waals surface area contributed by atoms with E-state index in [2.05, 4.69) is 20.5 Å². The molecular formula is C18H29FIN5O. The molecule has 1 aromatic carbocycles. The number of carbonyl (C=O) groups is 1. The van der Waals surface area contributed by atoms with Crippen molar-refractivity contribution in [1.82, 2.24) is 15.5 Å². The lowest BCUT2D eigenvalue weighted by atomic mass is 10.2. The SMILES string of the molecule is CN=C(NCCC(=O)N1CCN(c2ccc(F)cc2)CC1)NC(C)C.I. The van der Waals surface area contributed by atoms with Gasteiger partial charge in [-0.15, -0.1) is 24.0 Å². The Morgan fingerprint density at radius 3 is 2.35 bits per heavy atom. The van der Waals surface area contributed by atoms with Crippen molar-refractivity contribution in [2.75, 3.05) is 44.7 Å². The number of aliphatic imine (C=N–C) groups is 1. The van der Waals surface area contributed by atoms with E-state index in [1.54, 1.807) is 19.2 Å². The molecule has 8 heteroatoms. The van der Waals surface area contributed by atoms with Crippen molar-refractivity contribution in [2.24, 2.45) is 4.99 Å². The van der Waals surface area contributed by atoms with Gasteiger partial charge in [-0.05, 0) is 38.1 Å². The van der Waals surface area contributed by atoms with E-state index in [-0.39, 0.29) is 35.7 Å². The van der Waals surface area contributed by atoms with Gasteiger partial charge in [-0.3, -0.25) is 9.79 Å². The summed E-state index contributed by atoms with van der Waals surface area (Å²) in [5.74, 6) is 0.627. The number of hydrogen-bond acceptors (Lipinski definition) is 3. The number of piperazine rings is 1. The molecule has 0 bridgehead atoms. The molecule has 0 atom stereocenters. The van der Waals surface area contributed by atoms with Gasteiger partial charge in [0.05, 0.1) is 0 Å². The Bertz CT molecular complexity index is 586. The second kappa shape index (κ2) is 11.2. The molecule has 1 aliphatic rings. The molecule has 1 fully saturated rings. The standard InChI is InChI=1S/C18H28FN5O.HI/c1-14(2)22-18(20-3)21-9-8-17(25)24-12-10-23(11-13-24)16-6-4-15(19)5-7-16;/h4-7,14H,8-13H2,1-3H3,(H2,20,21,22);1H. The minimum absolute atomic E-state index is 0. The minimum Gasteiger partial charge on any atom is -0.368 e. The number of amides is 1. The van der Waals surface area contributed by atoms with E-state index in [0.717, 1.165) is 18.8 Å². The molecule has 6 nitrogen and oxygen atoms in total. The number of benzene rings is 1. The molecule has 1 heterocycles. The van der Waals surface area contributed by atoms with Crippen molar-refractivity contribution in [3.63, 3.8) is 0 Å². The third-order valence-electron chi connectivity index (χ3n) is 4.10. The molecule has 1 saturated heterocycles. The normalized spacial score (nSPS) is 14.9. The maximum atomic E-state index is 13.0. The Balaban J connectivity index is 0.00000338. The third-order valence-corrected chi connectivity index (χ3v) is 4.10. The fourth-order valence-corrected chi connectivity index (χ4v) is 2.78. The van der Waals surface area contributed by atoms with Crippen LogP contribution < -0.4 is 15.5 Å². The fraction of sp³-hybridized carbons (Fsp3) is 0.556. The minimum atomic E-state index is -0.230. The zero-order valence-corrected chi connectivity index (χ0v) is 18.0. The first kappa shape index (κ1) is 22.5. The Morgan fingerprint density at radius 1 is 1.19 bits per heavy atom. The van der Waals surface area contributed by atoms with Gasteiger partial charge < -0.3 is 20.4 Å². The van der Waals surface area contributed by atoms with Gasteiger partial charge in [0.15, 0.2) is 5.96 Å². The second-order valence-electron chi connectivity index (χ2n) is 6.39. The average molecular weight is 477 g/mol. The summed E-state index contributed by atoms with van der Waals surface area (Å²) in [5, 5.41) is 6.35. The lowest BCUT2D eigenvalue weighted by Gasteiger charge is -2.36. The van der Waals surface area contributed by atoms with Gasteiger partial charge in [0.2, 0.25) is 5.91 Å². The van der Waals surface area contributed by atoms with Crippen LogP contribution >= 0.6 is 24.0 Å². The summed E-state index contributed by atoms with van der Waals surface area (Å²) in [7, 11) is 1.72. The van der Waals surface area contributed by atoms with E-state index >= 15 is 0 Å². The molecular weight excluding hydrogens is 448 g/mol. The molecule has 0 aliphatic carbocycles. The number of nitrogens with zero attached hydrogens (tertiary/aromatic N) is 3. The Kier molecular flexibility index (Phi) is 9.68. The smallest absolute Gasteiger partial charge is 0.224 e. The first-order valence-corrected chi connectivity index (χ1v) is 8.75. The van der Waals surface area contributed by atoms with Gasteiger partial charge in [-0.1, -0.05) is 0 Å². The van der Waals surface area contributed by atoms with Crippen molar-refractivity contribution < 1.29 is 9.18 Å². The molecule has 0 spiro atoms. The molecule has 1 aliphatic heterocycles. The number of guanidine groups is 1. The molecule has 1 amide bonds. The monoisotopic (exact) mass is 477 g/mol. The van der Waals surface area contributed by atoms with Crippen LogP contribution in [-0.4, -0.2) is 62.6 Å². The van der Waals surface area contributed by atoms with Crippen molar-refractivity contribution in [3.8, 4) is 0 Å². The topological polar surface area (TPSA) is 60.0 Å². The Labute approximate surface area is 172 Å². The predicted molar refractivity (Wildman–Crippen MR) is 115 cm³/mol. The summed E-state index contributed by atoms with van der Waals surface area (Å²) in [6, 6.07) is 6.79. The number of halogens is 2. The van der Waals surface area contributed by atoms with Gasteiger partial charge in [-0.2, -0.15) is 0 Å². The van der Waals surface area contributed by atoms with Crippen LogP contribution in [0.4, 0.5) is 10.1 Å². The van der Waals surface area contributed by atoms with Crippen LogP contribution in [0.2, 0.25) is 0 Å². The van der Waals surface area contributed by atoms with Crippen LogP contribution in [-0.2, 0) is 4.79 Å². The van der Waals surface area contributed by atoms with Crippen molar-refractivity contribution in [2.45, 2.75) is 26.3 Å². The molecule has 0 aromatic heterocycles. The van der Waals surface area contributed by atoms with Crippen molar-refractivity contribution in [3.05, 3.63) is 30.1 Å². The number of nitrogens with one attached hydrogen (secondary N) is 2. The van der Waals surface area contributed by atoms with E-state index in [9.17, 15) is 9.18 Å². The van der Waals surface area contributed by atoms with Crippen LogP contribution in [0.3, 0.4) is 0 Å². The summed E-state index contributed by atoms with van der Waals surface area (Å²) in [5.41, 5.74) is 0.999. The number of rotatable bonds is 5. The van der Waals surface area contributed by atoms with E-state index < -0.39 is 0 Å². The van der Waals surface area contributed by atoms with Gasteiger partial charge in [-0.25, -0.2) is 4.39 Å². The van der Waals surface area contributed by atoms with Gasteiger partial charge in [0.25, 0.3) is 0 Å². The van der Waals surface area contributed by atoms with Crippen LogP contribution in [0.1, 0.15) is 20.3 Å². The van der Waals surface area contributed by atoms with Crippen LogP contribution in [0.15, 0.2) is 29.3 Å². The zero-order chi connectivity index (χ0) is 18.2. The van der Waals surface area contributed by atoms with Crippen LogP contribution in [0.25, 0.3) is 0 Å². The number of anilines is 1. The fourth-order valence-electron chi connectivity index (χ4n) is 2.78.